The van der Waals surface area contributed by atoms with Crippen LogP contribution >= 0.6 is 0 Å². The fraction of sp³-hybridized carbons (Fsp3) is 0. The third-order valence-corrected chi connectivity index (χ3v) is 1.02. The smallest absolute Gasteiger partial charge is 0.178 e. The molecule has 1 rings (SSSR count). The van der Waals surface area contributed by atoms with Gasteiger partial charge < -0.3 is 5.11 Å². The van der Waals surface area contributed by atoms with Crippen molar-refractivity contribution in [1.29, 1.82) is 0 Å². The van der Waals surface area contributed by atoms with Crippen LogP contribution in [0.25, 0.3) is 0 Å². The molecule has 0 bridgehead atoms. The number of hydrogen-bond acceptors (Lipinski definition) is 3. The summed E-state index contributed by atoms with van der Waals surface area (Å²) < 4.78 is 12.5. The van der Waals surface area contributed by atoms with E-state index in [1.54, 1.807) is 0 Å². The minimum absolute atomic E-state index is 0.236. The molecule has 0 aromatic carbocycles. The van der Waals surface area contributed by atoms with Gasteiger partial charge >= 0.3 is 0 Å². The Kier molecular flexibility index (Phi) is 1.62. The minimum atomic E-state index is -0.926. The van der Waals surface area contributed by atoms with E-state index in [0.29, 0.717) is 6.29 Å². The highest BCUT2D eigenvalue weighted by Gasteiger charge is 2.04. The van der Waals surface area contributed by atoms with Crippen molar-refractivity contribution < 1.29 is 14.3 Å². The van der Waals surface area contributed by atoms with Crippen LogP contribution in [0.4, 0.5) is 4.39 Å². The zero-order valence-electron chi connectivity index (χ0n) is 4.91. The van der Waals surface area contributed by atoms with Crippen molar-refractivity contribution in [3.63, 3.8) is 0 Å². The number of aldehydes is 1. The molecule has 0 saturated heterocycles. The normalized spacial score (nSPS) is 9.30. The van der Waals surface area contributed by atoms with Gasteiger partial charge in [0.1, 0.15) is 0 Å². The first kappa shape index (κ1) is 6.67. The van der Waals surface area contributed by atoms with Crippen molar-refractivity contribution >= 4 is 6.29 Å². The van der Waals surface area contributed by atoms with Gasteiger partial charge in [-0.2, -0.15) is 0 Å². The molecule has 3 nitrogen and oxygen atoms in total. The molecule has 10 heavy (non-hydrogen) atoms. The van der Waals surface area contributed by atoms with Gasteiger partial charge in [-0.15, -0.1) is 0 Å². The van der Waals surface area contributed by atoms with Crippen LogP contribution in [0.2, 0.25) is 0 Å². The predicted octanol–water partition coefficient (Wildman–Crippen LogP) is 0.739. The third-order valence-electron chi connectivity index (χ3n) is 1.02. The van der Waals surface area contributed by atoms with Gasteiger partial charge in [-0.05, 0) is 0 Å². The van der Waals surface area contributed by atoms with Crippen LogP contribution in [0.1, 0.15) is 10.4 Å². The highest BCUT2D eigenvalue weighted by atomic mass is 19.1. The lowest BCUT2D eigenvalue weighted by Gasteiger charge is -1.93. The van der Waals surface area contributed by atoms with Crippen molar-refractivity contribution in [2.75, 3.05) is 0 Å². The van der Waals surface area contributed by atoms with Gasteiger partial charge in [0.15, 0.2) is 17.9 Å². The van der Waals surface area contributed by atoms with Gasteiger partial charge in [-0.3, -0.25) is 9.78 Å². The first-order valence-corrected chi connectivity index (χ1v) is 2.53. The molecular formula is C6H4FNO2. The lowest BCUT2D eigenvalue weighted by atomic mass is 10.3. The number of aromatic hydroxyl groups is 1. The summed E-state index contributed by atoms with van der Waals surface area (Å²) in [6, 6.07) is 0. The fourth-order valence-electron chi connectivity index (χ4n) is 0.532. The molecule has 0 amide bonds. The zero-order valence-corrected chi connectivity index (χ0v) is 4.91. The van der Waals surface area contributed by atoms with E-state index in [9.17, 15) is 9.18 Å². The van der Waals surface area contributed by atoms with Crippen LogP contribution < -0.4 is 0 Å². The van der Waals surface area contributed by atoms with Gasteiger partial charge in [-0.25, -0.2) is 4.39 Å². The number of carbonyl (C=O) groups is 1. The molecule has 4 heteroatoms. The van der Waals surface area contributed by atoms with Crippen molar-refractivity contribution in [3.05, 3.63) is 23.8 Å². The van der Waals surface area contributed by atoms with Gasteiger partial charge in [0.05, 0.1) is 11.8 Å². The molecule has 0 aliphatic heterocycles. The van der Waals surface area contributed by atoms with E-state index in [4.69, 9.17) is 5.11 Å². The lowest BCUT2D eigenvalue weighted by molar-refractivity contribution is 0.111. The number of hydrogen-bond donors (Lipinski definition) is 1. The molecule has 52 valence electrons. The van der Waals surface area contributed by atoms with E-state index in [2.05, 4.69) is 4.98 Å². The maximum atomic E-state index is 12.5. The number of nitrogens with zero attached hydrogens (tertiary/aromatic N) is 1. The number of pyridine rings is 1. The van der Waals surface area contributed by atoms with Crippen LogP contribution in [0.15, 0.2) is 12.4 Å². The average Bonchev–Trinajstić information content (AvgIpc) is 1.95. The largest absolute Gasteiger partial charge is 0.504 e. The van der Waals surface area contributed by atoms with Crippen LogP contribution in [0.5, 0.6) is 5.75 Å². The van der Waals surface area contributed by atoms with E-state index >= 15 is 0 Å². The Labute approximate surface area is 56.1 Å². The molecule has 0 saturated carbocycles. The van der Waals surface area contributed by atoms with Crippen molar-refractivity contribution in [3.8, 4) is 5.75 Å². The molecule has 1 aromatic rings. The Morgan fingerprint density at radius 2 is 2.30 bits per heavy atom. The van der Waals surface area contributed by atoms with Gasteiger partial charge in [0.2, 0.25) is 0 Å². The topological polar surface area (TPSA) is 50.2 Å². The summed E-state index contributed by atoms with van der Waals surface area (Å²) in [7, 11) is 0. The summed E-state index contributed by atoms with van der Waals surface area (Å²) >= 11 is 0. The Morgan fingerprint density at radius 1 is 1.60 bits per heavy atom. The number of aromatic nitrogens is 1. The average molecular weight is 141 g/mol. The van der Waals surface area contributed by atoms with Crippen LogP contribution in [0, 0.1) is 5.82 Å². The number of halogens is 1. The molecule has 0 atom stereocenters. The summed E-state index contributed by atoms with van der Waals surface area (Å²) in [6.07, 6.45) is 2.27. The Bertz CT molecular complexity index is 262. The SMILES string of the molecule is O=Cc1cncc(O)c1F. The second-order valence-corrected chi connectivity index (χ2v) is 1.68. The Morgan fingerprint density at radius 3 is 2.80 bits per heavy atom. The van der Waals surface area contributed by atoms with Crippen molar-refractivity contribution in [1.82, 2.24) is 4.98 Å². The molecule has 0 spiro atoms. The standard InChI is InChI=1S/C6H4FNO2/c7-6-4(3-9)1-8-2-5(6)10/h1-3,10H. The molecule has 0 radical (unpaired) electrons. The molecule has 0 fully saturated rings. The summed E-state index contributed by atoms with van der Waals surface area (Å²) in [5, 5.41) is 8.63. The van der Waals surface area contributed by atoms with Gasteiger partial charge in [-0.1, -0.05) is 0 Å². The van der Waals surface area contributed by atoms with E-state index < -0.39 is 11.6 Å². The predicted molar refractivity (Wildman–Crippen MR) is 31.2 cm³/mol. The quantitative estimate of drug-likeness (QED) is 0.587. The monoisotopic (exact) mass is 141 g/mol. The van der Waals surface area contributed by atoms with E-state index in [1.807, 2.05) is 0 Å². The summed E-state index contributed by atoms with van der Waals surface area (Å²) in [5.74, 6) is -1.53. The first-order chi connectivity index (χ1) is 4.75. The van der Waals surface area contributed by atoms with Crippen LogP contribution in [0.3, 0.4) is 0 Å². The highest BCUT2D eigenvalue weighted by molar-refractivity contribution is 5.75. The highest BCUT2D eigenvalue weighted by Crippen LogP contribution is 2.14. The van der Waals surface area contributed by atoms with E-state index in [0.717, 1.165) is 12.4 Å². The van der Waals surface area contributed by atoms with Gasteiger partial charge in [0.25, 0.3) is 0 Å². The summed E-state index contributed by atoms with van der Waals surface area (Å²) in [4.78, 5) is 13.4. The molecule has 0 unspecified atom stereocenters. The second kappa shape index (κ2) is 2.43. The molecule has 0 aliphatic rings. The zero-order chi connectivity index (χ0) is 7.56. The number of carbonyl (C=O) groups excluding carboxylic acids is 1. The minimum Gasteiger partial charge on any atom is -0.504 e. The van der Waals surface area contributed by atoms with E-state index in [-0.39, 0.29) is 5.56 Å². The third kappa shape index (κ3) is 0.953. The fourth-order valence-corrected chi connectivity index (χ4v) is 0.532. The maximum absolute atomic E-state index is 12.5. The molecule has 1 aromatic heterocycles. The first-order valence-electron chi connectivity index (χ1n) is 2.53. The summed E-state index contributed by atoms with van der Waals surface area (Å²) in [5.41, 5.74) is -0.236. The van der Waals surface area contributed by atoms with Crippen molar-refractivity contribution in [2.45, 2.75) is 0 Å². The van der Waals surface area contributed by atoms with Gasteiger partial charge in [0, 0.05) is 6.20 Å². The Hall–Kier alpha value is -1.45. The lowest BCUT2D eigenvalue weighted by Crippen LogP contribution is -1.88. The molecule has 1 N–H and O–H groups in total. The number of rotatable bonds is 1. The Balaban J connectivity index is 3.27. The maximum Gasteiger partial charge on any atom is 0.178 e. The molecule has 0 aliphatic carbocycles. The molecular weight excluding hydrogens is 137 g/mol. The molecule has 1 heterocycles. The summed E-state index contributed by atoms with van der Waals surface area (Å²) in [6.45, 7) is 0. The van der Waals surface area contributed by atoms with Crippen LogP contribution in [-0.2, 0) is 0 Å². The second-order valence-electron chi connectivity index (χ2n) is 1.68. The van der Waals surface area contributed by atoms with E-state index in [1.165, 1.54) is 0 Å². The van der Waals surface area contributed by atoms with Crippen molar-refractivity contribution in [2.24, 2.45) is 0 Å². The van der Waals surface area contributed by atoms with Crippen LogP contribution in [-0.4, -0.2) is 16.4 Å².